The second kappa shape index (κ2) is 6.73. The van der Waals surface area contributed by atoms with Crippen LogP contribution in [0.5, 0.6) is 0 Å². The number of fused-ring (bicyclic) bond motifs is 1. The van der Waals surface area contributed by atoms with Crippen molar-refractivity contribution < 1.29 is 9.59 Å². The lowest BCUT2D eigenvalue weighted by Crippen LogP contribution is -2.52. The number of aryl methyl sites for hydroxylation is 1. The molecule has 0 atom stereocenters. The molecular weight excluding hydrogens is 370 g/mol. The van der Waals surface area contributed by atoms with E-state index in [9.17, 15) is 9.59 Å². The minimum Gasteiger partial charge on any atom is -0.317 e. The number of nitrogens with one attached hydrogen (secondary N) is 1. The summed E-state index contributed by atoms with van der Waals surface area (Å²) in [5, 5.41) is 4.97. The predicted octanol–water partition coefficient (Wildman–Crippen LogP) is 3.50. The van der Waals surface area contributed by atoms with Crippen LogP contribution in [-0.2, 0) is 9.59 Å². The maximum absolute atomic E-state index is 12.5. The Bertz CT molecular complexity index is 1180. The molecular formula is C22H19N3O2S. The number of likely N-dealkylation sites (N-methyl/N-ethyl adjacent to an activating group) is 1. The summed E-state index contributed by atoms with van der Waals surface area (Å²) in [4.78, 5) is 26.1. The Morgan fingerprint density at radius 3 is 2.54 bits per heavy atom. The van der Waals surface area contributed by atoms with Crippen LogP contribution in [0, 0.1) is 13.8 Å². The number of aromatic nitrogens is 1. The Hall–Kier alpha value is -3.25. The average Bonchev–Trinajstić information content (AvgIpc) is 2.96. The van der Waals surface area contributed by atoms with E-state index >= 15 is 0 Å². The highest BCUT2D eigenvalue weighted by Gasteiger charge is 2.31. The first kappa shape index (κ1) is 18.1. The van der Waals surface area contributed by atoms with E-state index in [0.717, 1.165) is 33.4 Å². The Balaban J connectivity index is 1.86. The lowest BCUT2D eigenvalue weighted by atomic mass is 10.1. The molecule has 1 fully saturated rings. The molecule has 5 nitrogen and oxygen atoms in total. The Kier molecular flexibility index (Phi) is 4.35. The molecule has 0 bridgehead atoms. The predicted molar refractivity (Wildman–Crippen MR) is 114 cm³/mol. The van der Waals surface area contributed by atoms with Crippen LogP contribution in [0.4, 0.5) is 0 Å². The number of nitrogens with zero attached hydrogens (tertiary/aromatic N) is 2. The molecule has 140 valence electrons. The molecule has 0 spiro atoms. The van der Waals surface area contributed by atoms with Crippen LogP contribution < -0.4 is 5.32 Å². The van der Waals surface area contributed by atoms with Crippen LogP contribution >= 0.6 is 12.2 Å². The molecule has 4 rings (SSSR count). The summed E-state index contributed by atoms with van der Waals surface area (Å²) in [6.07, 6.45) is 1.64. The van der Waals surface area contributed by atoms with Gasteiger partial charge in [-0.2, -0.15) is 0 Å². The van der Waals surface area contributed by atoms with Crippen molar-refractivity contribution in [1.82, 2.24) is 14.8 Å². The second-order valence-electron chi connectivity index (χ2n) is 6.84. The van der Waals surface area contributed by atoms with Gasteiger partial charge >= 0.3 is 0 Å². The molecule has 2 amide bonds. The molecule has 0 aliphatic carbocycles. The number of benzene rings is 2. The first-order valence-corrected chi connectivity index (χ1v) is 9.31. The van der Waals surface area contributed by atoms with Gasteiger partial charge < -0.3 is 4.57 Å². The molecule has 28 heavy (non-hydrogen) atoms. The zero-order valence-corrected chi connectivity index (χ0v) is 16.6. The highest BCUT2D eigenvalue weighted by Crippen LogP contribution is 2.28. The molecule has 2 aromatic carbocycles. The third kappa shape index (κ3) is 2.82. The van der Waals surface area contributed by atoms with Gasteiger partial charge in [-0.3, -0.25) is 19.8 Å². The van der Waals surface area contributed by atoms with E-state index in [1.807, 2.05) is 38.1 Å². The topological polar surface area (TPSA) is 54.3 Å². The summed E-state index contributed by atoms with van der Waals surface area (Å²) >= 11 is 5.00. The Labute approximate surface area is 168 Å². The quantitative estimate of drug-likeness (QED) is 0.415. The molecule has 2 heterocycles. The minimum absolute atomic E-state index is 0.0780. The standard InChI is InChI=1S/C22H19N3O2S/c1-13-11-16(12-18-20(26)23-22(28)24(3)21(18)27)14(2)25(13)19-10-6-8-15-7-4-5-9-17(15)19/h4-12H,1-3H3,(H,23,26,28)/b18-12+. The van der Waals surface area contributed by atoms with E-state index in [2.05, 4.69) is 34.1 Å². The lowest BCUT2D eigenvalue weighted by molar-refractivity contribution is -0.128. The Morgan fingerprint density at radius 2 is 1.75 bits per heavy atom. The van der Waals surface area contributed by atoms with Crippen LogP contribution in [-0.4, -0.2) is 33.4 Å². The van der Waals surface area contributed by atoms with E-state index in [-0.39, 0.29) is 10.7 Å². The van der Waals surface area contributed by atoms with E-state index in [0.29, 0.717) is 0 Å². The van der Waals surface area contributed by atoms with Gasteiger partial charge in [0.15, 0.2) is 5.11 Å². The third-order valence-corrected chi connectivity index (χ3v) is 5.46. The fourth-order valence-electron chi connectivity index (χ4n) is 3.61. The van der Waals surface area contributed by atoms with Crippen LogP contribution in [0.3, 0.4) is 0 Å². The van der Waals surface area contributed by atoms with E-state index in [1.54, 1.807) is 13.1 Å². The number of thiocarbonyl (C=S) groups is 1. The van der Waals surface area contributed by atoms with Gasteiger partial charge in [0.1, 0.15) is 5.57 Å². The summed E-state index contributed by atoms with van der Waals surface area (Å²) in [6.45, 7) is 4.00. The van der Waals surface area contributed by atoms with Crippen molar-refractivity contribution in [2.24, 2.45) is 0 Å². The van der Waals surface area contributed by atoms with Gasteiger partial charge in [0.05, 0.1) is 5.69 Å². The minimum atomic E-state index is -0.469. The number of carbonyl (C=O) groups excluding carboxylic acids is 2. The van der Waals surface area contributed by atoms with Crippen molar-refractivity contribution in [1.29, 1.82) is 0 Å². The van der Waals surface area contributed by atoms with Gasteiger partial charge in [-0.25, -0.2) is 0 Å². The number of amides is 2. The molecule has 0 unspecified atom stereocenters. The van der Waals surface area contributed by atoms with Crippen molar-refractivity contribution in [2.75, 3.05) is 7.05 Å². The first-order valence-electron chi connectivity index (χ1n) is 8.90. The molecule has 1 aliphatic rings. The summed E-state index contributed by atoms with van der Waals surface area (Å²) in [5.74, 6) is -0.869. The van der Waals surface area contributed by atoms with Crippen LogP contribution in [0.15, 0.2) is 54.1 Å². The van der Waals surface area contributed by atoms with Gasteiger partial charge in [-0.1, -0.05) is 36.4 Å². The molecule has 0 saturated carbocycles. The van der Waals surface area contributed by atoms with Crippen molar-refractivity contribution in [2.45, 2.75) is 13.8 Å². The fourth-order valence-corrected chi connectivity index (χ4v) is 3.78. The number of carbonyl (C=O) groups is 2. The van der Waals surface area contributed by atoms with Crippen molar-refractivity contribution in [3.05, 3.63) is 71.1 Å². The molecule has 1 aliphatic heterocycles. The second-order valence-corrected chi connectivity index (χ2v) is 7.23. The van der Waals surface area contributed by atoms with Gasteiger partial charge in [-0.15, -0.1) is 0 Å². The maximum atomic E-state index is 12.5. The van der Waals surface area contributed by atoms with Gasteiger partial charge in [-0.05, 0) is 55.2 Å². The highest BCUT2D eigenvalue weighted by atomic mass is 32.1. The van der Waals surface area contributed by atoms with Gasteiger partial charge in [0, 0.05) is 23.8 Å². The van der Waals surface area contributed by atoms with Gasteiger partial charge in [0.25, 0.3) is 11.8 Å². The van der Waals surface area contributed by atoms with Crippen LogP contribution in [0.1, 0.15) is 17.0 Å². The van der Waals surface area contributed by atoms with E-state index in [1.165, 1.54) is 4.90 Å². The van der Waals surface area contributed by atoms with Gasteiger partial charge in [0.2, 0.25) is 0 Å². The van der Waals surface area contributed by atoms with Crippen LogP contribution in [0.25, 0.3) is 22.5 Å². The number of rotatable bonds is 2. The first-order chi connectivity index (χ1) is 13.4. The monoisotopic (exact) mass is 389 g/mol. The number of hydrogen-bond donors (Lipinski definition) is 1. The van der Waals surface area contributed by atoms with E-state index in [4.69, 9.17) is 12.2 Å². The molecule has 3 aromatic rings. The van der Waals surface area contributed by atoms with Crippen molar-refractivity contribution >= 4 is 46.0 Å². The average molecular weight is 389 g/mol. The third-order valence-electron chi connectivity index (χ3n) is 5.08. The van der Waals surface area contributed by atoms with Crippen LogP contribution in [0.2, 0.25) is 0 Å². The largest absolute Gasteiger partial charge is 0.317 e. The zero-order valence-electron chi connectivity index (χ0n) is 15.8. The van der Waals surface area contributed by atoms with Crippen molar-refractivity contribution in [3.8, 4) is 5.69 Å². The van der Waals surface area contributed by atoms with Crippen molar-refractivity contribution in [3.63, 3.8) is 0 Å². The highest BCUT2D eigenvalue weighted by molar-refractivity contribution is 7.80. The van der Waals surface area contributed by atoms with E-state index < -0.39 is 11.8 Å². The summed E-state index contributed by atoms with van der Waals surface area (Å²) in [5.41, 5.74) is 3.95. The zero-order chi connectivity index (χ0) is 20.0. The molecule has 1 N–H and O–H groups in total. The molecule has 1 aromatic heterocycles. The molecule has 0 radical (unpaired) electrons. The summed E-state index contributed by atoms with van der Waals surface area (Å²) < 4.78 is 2.15. The molecule has 6 heteroatoms. The Morgan fingerprint density at radius 1 is 1.04 bits per heavy atom. The summed E-state index contributed by atoms with van der Waals surface area (Å²) in [6, 6.07) is 16.4. The molecule has 1 saturated heterocycles. The lowest BCUT2D eigenvalue weighted by Gasteiger charge is -2.25. The number of hydrogen-bond acceptors (Lipinski definition) is 3. The normalized spacial score (nSPS) is 16.2. The maximum Gasteiger partial charge on any atom is 0.265 e. The summed E-state index contributed by atoms with van der Waals surface area (Å²) in [7, 11) is 1.55. The SMILES string of the molecule is Cc1cc(/C=C2\C(=O)NC(=S)N(C)C2=O)c(C)n1-c1cccc2ccccc12. The fraction of sp³-hybridized carbons (Fsp3) is 0.136. The smallest absolute Gasteiger partial charge is 0.265 e.